The molecular weight excluding hydrogens is 622 g/mol. The second kappa shape index (κ2) is 12.7. The SMILES string of the molecule is CCc1cn2c3c(cc(C(=O)C[C@@H](Cc4ccc(F)cc4)[C@H](O)[C@@H]4CC[C@H](Oc5cccc(F)c5)C4)cc13)N(C)S(=O)(=O)C(C)(C)C2. The van der Waals surface area contributed by atoms with Gasteiger partial charge >= 0.3 is 0 Å². The lowest BCUT2D eigenvalue weighted by Gasteiger charge is -2.29. The van der Waals surface area contributed by atoms with E-state index in [-0.39, 0.29) is 42.4 Å². The summed E-state index contributed by atoms with van der Waals surface area (Å²) >= 11 is 0. The first kappa shape index (κ1) is 33.2. The number of aliphatic hydroxyl groups excluding tert-OH is 1. The van der Waals surface area contributed by atoms with E-state index in [1.807, 2.05) is 23.8 Å². The number of ether oxygens (including phenoxy) is 1. The molecule has 250 valence electrons. The minimum absolute atomic E-state index is 0.0134. The first-order chi connectivity index (χ1) is 22.3. The Balaban J connectivity index is 1.30. The number of Topliss-reactive ketones (excluding diaryl/α,β-unsaturated/α-hetero) is 1. The van der Waals surface area contributed by atoms with Crippen LogP contribution in [0.25, 0.3) is 10.9 Å². The normalized spacial score (nSPS) is 21.4. The number of nitrogens with zero attached hydrogens (tertiary/aromatic N) is 2. The summed E-state index contributed by atoms with van der Waals surface area (Å²) in [6.45, 7) is 5.75. The molecule has 1 N–H and O–H groups in total. The van der Waals surface area contributed by atoms with Gasteiger partial charge in [-0.15, -0.1) is 0 Å². The van der Waals surface area contributed by atoms with Crippen molar-refractivity contribution in [1.82, 2.24) is 4.57 Å². The van der Waals surface area contributed by atoms with Crippen LogP contribution in [0.2, 0.25) is 0 Å². The second-order valence-corrected chi connectivity index (χ2v) is 16.3. The molecule has 0 amide bonds. The van der Waals surface area contributed by atoms with Gasteiger partial charge in [-0.2, -0.15) is 0 Å². The Labute approximate surface area is 275 Å². The maximum atomic E-state index is 14.2. The van der Waals surface area contributed by atoms with Crippen LogP contribution in [0.1, 0.15) is 67.9 Å². The van der Waals surface area contributed by atoms with Crippen molar-refractivity contribution in [3.05, 3.63) is 95.2 Å². The Hall–Kier alpha value is -3.76. The third kappa shape index (κ3) is 6.42. The van der Waals surface area contributed by atoms with Crippen LogP contribution >= 0.6 is 0 Å². The van der Waals surface area contributed by atoms with Gasteiger partial charge in [-0.1, -0.05) is 25.1 Å². The van der Waals surface area contributed by atoms with Crippen molar-refractivity contribution in [2.45, 2.75) is 82.8 Å². The number of benzene rings is 3. The van der Waals surface area contributed by atoms with Crippen LogP contribution < -0.4 is 9.04 Å². The molecule has 0 spiro atoms. The zero-order chi connectivity index (χ0) is 33.7. The number of aliphatic hydroxyl groups is 1. The van der Waals surface area contributed by atoms with Crippen molar-refractivity contribution < 1.29 is 31.8 Å². The molecule has 1 aliphatic heterocycles. The smallest absolute Gasteiger partial charge is 0.241 e. The lowest BCUT2D eigenvalue weighted by atomic mass is 9.81. The highest BCUT2D eigenvalue weighted by atomic mass is 32.2. The fourth-order valence-corrected chi connectivity index (χ4v) is 8.83. The fourth-order valence-electron chi connectivity index (χ4n) is 7.39. The Morgan fingerprint density at radius 3 is 2.51 bits per heavy atom. The molecule has 6 rings (SSSR count). The summed E-state index contributed by atoms with van der Waals surface area (Å²) in [6, 6.07) is 15.6. The van der Waals surface area contributed by atoms with Gasteiger partial charge in [-0.25, -0.2) is 17.2 Å². The van der Waals surface area contributed by atoms with Crippen molar-refractivity contribution in [1.29, 1.82) is 0 Å². The first-order valence-corrected chi connectivity index (χ1v) is 17.7. The first-order valence-electron chi connectivity index (χ1n) is 16.3. The van der Waals surface area contributed by atoms with E-state index in [0.29, 0.717) is 49.1 Å². The number of aryl methyl sites for hydroxylation is 1. The maximum absolute atomic E-state index is 14.2. The quantitative estimate of drug-likeness (QED) is 0.183. The molecule has 0 saturated heterocycles. The number of hydrogen-bond acceptors (Lipinski definition) is 5. The van der Waals surface area contributed by atoms with Crippen molar-refractivity contribution in [3.8, 4) is 5.75 Å². The van der Waals surface area contributed by atoms with Gasteiger partial charge in [-0.05, 0) is 105 Å². The van der Waals surface area contributed by atoms with Crippen LogP contribution in [0.15, 0.2) is 66.9 Å². The number of sulfonamides is 1. The molecular formula is C37H42F2N2O5S. The summed E-state index contributed by atoms with van der Waals surface area (Å²) < 4.78 is 63.0. The van der Waals surface area contributed by atoms with E-state index >= 15 is 0 Å². The van der Waals surface area contributed by atoms with Gasteiger partial charge in [-0.3, -0.25) is 9.10 Å². The molecule has 2 aliphatic rings. The van der Waals surface area contributed by atoms with Crippen molar-refractivity contribution in [2.75, 3.05) is 11.4 Å². The highest BCUT2D eigenvalue weighted by Crippen LogP contribution is 2.41. The lowest BCUT2D eigenvalue weighted by Crippen LogP contribution is -2.44. The van der Waals surface area contributed by atoms with Crippen LogP contribution in [0.4, 0.5) is 14.5 Å². The Morgan fingerprint density at radius 2 is 1.81 bits per heavy atom. The third-order valence-electron chi connectivity index (χ3n) is 10.0. The molecule has 1 fully saturated rings. The number of rotatable bonds is 10. The molecule has 1 aromatic heterocycles. The number of aromatic nitrogens is 1. The topological polar surface area (TPSA) is 88.8 Å². The van der Waals surface area contributed by atoms with E-state index in [1.165, 1.54) is 35.6 Å². The van der Waals surface area contributed by atoms with Gasteiger partial charge in [0.2, 0.25) is 10.0 Å². The largest absolute Gasteiger partial charge is 0.490 e. The van der Waals surface area contributed by atoms with Gasteiger partial charge < -0.3 is 14.4 Å². The van der Waals surface area contributed by atoms with Gasteiger partial charge in [0.05, 0.1) is 23.4 Å². The Kier molecular flexibility index (Phi) is 8.95. The van der Waals surface area contributed by atoms with E-state index in [2.05, 4.69) is 0 Å². The Bertz CT molecular complexity index is 1900. The number of carbonyl (C=O) groups excluding carboxylic acids is 1. The van der Waals surface area contributed by atoms with Gasteiger partial charge in [0.15, 0.2) is 5.78 Å². The number of halogens is 2. The summed E-state index contributed by atoms with van der Waals surface area (Å²) in [5.74, 6) is -1.16. The highest BCUT2D eigenvalue weighted by molar-refractivity contribution is 7.94. The molecule has 0 radical (unpaired) electrons. The molecule has 3 aromatic carbocycles. The summed E-state index contributed by atoms with van der Waals surface area (Å²) in [4.78, 5) is 14.2. The number of hydrogen-bond donors (Lipinski definition) is 1. The maximum Gasteiger partial charge on any atom is 0.241 e. The molecule has 10 heteroatoms. The summed E-state index contributed by atoms with van der Waals surface area (Å²) in [7, 11) is -2.21. The van der Waals surface area contributed by atoms with Crippen molar-refractivity contribution >= 4 is 32.4 Å². The van der Waals surface area contributed by atoms with E-state index in [4.69, 9.17) is 4.74 Å². The van der Waals surface area contributed by atoms with E-state index in [1.54, 1.807) is 44.2 Å². The molecule has 4 atom stereocenters. The van der Waals surface area contributed by atoms with E-state index in [0.717, 1.165) is 22.0 Å². The minimum atomic E-state index is -3.75. The molecule has 0 bridgehead atoms. The number of ketones is 1. The van der Waals surface area contributed by atoms with Crippen LogP contribution in [0.3, 0.4) is 0 Å². The standard InChI is InChI=1S/C37H42F2N2O5S/c1-5-24-21-41-22-37(2,3)47(44,45)40(4)33-18-26(17-32(24)35(33)41)34(42)19-27(15-23-9-12-28(38)13-10-23)36(43)25-11-14-31(16-25)46-30-8-6-7-29(39)20-30/h6-10,12-13,17-18,20-21,25,27,31,36,43H,5,11,14-16,19,22H2,1-4H3/t25-,27-,31+,36-/m1/s1. The third-order valence-corrected chi connectivity index (χ3v) is 12.5. The predicted octanol–water partition coefficient (Wildman–Crippen LogP) is 7.08. The summed E-state index contributed by atoms with van der Waals surface area (Å²) in [6.07, 6.45) is 3.93. The molecule has 4 aromatic rings. The average molecular weight is 665 g/mol. The van der Waals surface area contributed by atoms with Crippen LogP contribution in [0.5, 0.6) is 5.75 Å². The lowest BCUT2D eigenvalue weighted by molar-refractivity contribution is 0.0414. The molecule has 47 heavy (non-hydrogen) atoms. The second-order valence-electron chi connectivity index (χ2n) is 13.7. The van der Waals surface area contributed by atoms with Gasteiger partial charge in [0, 0.05) is 43.2 Å². The van der Waals surface area contributed by atoms with Crippen LogP contribution in [-0.2, 0) is 29.4 Å². The van der Waals surface area contributed by atoms with Gasteiger partial charge in [0.25, 0.3) is 0 Å². The molecule has 1 saturated carbocycles. The fraction of sp³-hybridized carbons (Fsp3) is 0.432. The van der Waals surface area contributed by atoms with Crippen molar-refractivity contribution in [2.24, 2.45) is 11.8 Å². The van der Waals surface area contributed by atoms with E-state index < -0.39 is 26.8 Å². The Morgan fingerprint density at radius 1 is 1.06 bits per heavy atom. The minimum Gasteiger partial charge on any atom is -0.490 e. The molecule has 1 aliphatic carbocycles. The summed E-state index contributed by atoms with van der Waals surface area (Å²) in [5.41, 5.74) is 3.46. The van der Waals surface area contributed by atoms with Crippen molar-refractivity contribution in [3.63, 3.8) is 0 Å². The van der Waals surface area contributed by atoms with Crippen LogP contribution in [-0.4, -0.2) is 47.9 Å². The monoisotopic (exact) mass is 664 g/mol. The molecule has 2 heterocycles. The van der Waals surface area contributed by atoms with Crippen LogP contribution in [0, 0.1) is 23.5 Å². The molecule has 7 nitrogen and oxygen atoms in total. The highest BCUT2D eigenvalue weighted by Gasteiger charge is 2.42. The zero-order valence-electron chi connectivity index (χ0n) is 27.2. The number of anilines is 1. The number of carbonyl (C=O) groups is 1. The summed E-state index contributed by atoms with van der Waals surface area (Å²) in [5, 5.41) is 12.6. The molecule has 0 unspecified atom stereocenters. The zero-order valence-corrected chi connectivity index (χ0v) is 28.1. The predicted molar refractivity (Wildman–Crippen MR) is 179 cm³/mol. The van der Waals surface area contributed by atoms with Gasteiger partial charge in [0.1, 0.15) is 22.1 Å². The average Bonchev–Trinajstić information content (AvgIpc) is 3.63. The van der Waals surface area contributed by atoms with E-state index in [9.17, 15) is 27.1 Å².